The molecule has 1 saturated heterocycles. The SMILES string of the molecule is CN1C(=O)CC(Sc2ccccc2C(=O)OCC(=O)Nc2ccc(C(=O)O)cc2)C1=O. The summed E-state index contributed by atoms with van der Waals surface area (Å²) < 4.78 is 5.08. The van der Waals surface area contributed by atoms with Crippen molar-refractivity contribution in [3.63, 3.8) is 0 Å². The number of hydrogen-bond acceptors (Lipinski definition) is 7. The number of esters is 1. The molecule has 2 aromatic carbocycles. The summed E-state index contributed by atoms with van der Waals surface area (Å²) in [6.45, 7) is -0.553. The summed E-state index contributed by atoms with van der Waals surface area (Å²) in [7, 11) is 1.42. The van der Waals surface area contributed by atoms with Gasteiger partial charge in [0, 0.05) is 24.1 Å². The van der Waals surface area contributed by atoms with Crippen molar-refractivity contribution < 1.29 is 33.8 Å². The Kier molecular flexibility index (Phi) is 6.71. The number of nitrogens with one attached hydrogen (secondary N) is 1. The fourth-order valence-corrected chi connectivity index (χ4v) is 4.03. The van der Waals surface area contributed by atoms with E-state index in [1.54, 1.807) is 18.2 Å². The predicted molar refractivity (Wildman–Crippen MR) is 111 cm³/mol. The van der Waals surface area contributed by atoms with Gasteiger partial charge in [-0.2, -0.15) is 0 Å². The second-order valence-corrected chi connectivity index (χ2v) is 7.85. The number of carbonyl (C=O) groups is 5. The summed E-state index contributed by atoms with van der Waals surface area (Å²) in [5.41, 5.74) is 0.614. The largest absolute Gasteiger partial charge is 0.478 e. The number of imide groups is 1. The van der Waals surface area contributed by atoms with E-state index in [1.165, 1.54) is 37.4 Å². The molecule has 0 bridgehead atoms. The minimum atomic E-state index is -1.08. The lowest BCUT2D eigenvalue weighted by molar-refractivity contribution is -0.136. The molecule has 0 radical (unpaired) electrons. The Morgan fingerprint density at radius 2 is 1.81 bits per heavy atom. The van der Waals surface area contributed by atoms with Gasteiger partial charge in [0.25, 0.3) is 5.91 Å². The average Bonchev–Trinajstić information content (AvgIpc) is 2.99. The number of aromatic carboxylic acids is 1. The number of nitrogens with zero attached hydrogens (tertiary/aromatic N) is 1. The van der Waals surface area contributed by atoms with E-state index in [1.807, 2.05) is 0 Å². The molecular weight excluding hydrogens is 424 g/mol. The van der Waals surface area contributed by atoms with E-state index in [4.69, 9.17) is 9.84 Å². The van der Waals surface area contributed by atoms with E-state index in [9.17, 15) is 24.0 Å². The maximum Gasteiger partial charge on any atom is 0.339 e. The van der Waals surface area contributed by atoms with Crippen molar-refractivity contribution in [1.82, 2.24) is 4.90 Å². The molecule has 0 saturated carbocycles. The summed E-state index contributed by atoms with van der Waals surface area (Å²) in [6.07, 6.45) is 0.0481. The molecule has 31 heavy (non-hydrogen) atoms. The van der Waals surface area contributed by atoms with Gasteiger partial charge in [0.2, 0.25) is 11.8 Å². The third-order valence-corrected chi connectivity index (χ3v) is 5.73. The second kappa shape index (κ2) is 9.43. The van der Waals surface area contributed by atoms with Crippen LogP contribution in [0.4, 0.5) is 5.69 Å². The summed E-state index contributed by atoms with van der Waals surface area (Å²) in [5.74, 6) is -3.04. The normalized spacial score (nSPS) is 15.6. The van der Waals surface area contributed by atoms with Gasteiger partial charge in [-0.1, -0.05) is 12.1 Å². The van der Waals surface area contributed by atoms with Gasteiger partial charge < -0.3 is 15.2 Å². The van der Waals surface area contributed by atoms with Crippen LogP contribution in [0.1, 0.15) is 27.1 Å². The highest BCUT2D eigenvalue weighted by Crippen LogP contribution is 2.33. The Balaban J connectivity index is 1.59. The molecule has 1 atom stereocenters. The molecule has 0 spiro atoms. The quantitative estimate of drug-likeness (QED) is 0.492. The minimum Gasteiger partial charge on any atom is -0.478 e. The second-order valence-electron chi connectivity index (χ2n) is 6.60. The Morgan fingerprint density at radius 3 is 2.42 bits per heavy atom. The molecule has 1 fully saturated rings. The maximum absolute atomic E-state index is 12.5. The zero-order valence-electron chi connectivity index (χ0n) is 16.4. The highest BCUT2D eigenvalue weighted by atomic mass is 32.2. The topological polar surface area (TPSA) is 130 Å². The molecule has 1 unspecified atom stereocenters. The smallest absolute Gasteiger partial charge is 0.339 e. The molecule has 0 aliphatic carbocycles. The maximum atomic E-state index is 12.5. The van der Waals surface area contributed by atoms with Gasteiger partial charge in [-0.05, 0) is 36.4 Å². The summed E-state index contributed by atoms with van der Waals surface area (Å²) >= 11 is 1.10. The lowest BCUT2D eigenvalue weighted by Crippen LogP contribution is -2.26. The summed E-state index contributed by atoms with van der Waals surface area (Å²) in [5, 5.41) is 10.8. The van der Waals surface area contributed by atoms with Crippen LogP contribution in [-0.2, 0) is 19.1 Å². The van der Waals surface area contributed by atoms with Crippen LogP contribution in [-0.4, -0.2) is 58.6 Å². The first-order chi connectivity index (χ1) is 14.8. The third kappa shape index (κ3) is 5.28. The first-order valence-electron chi connectivity index (χ1n) is 9.12. The van der Waals surface area contributed by atoms with Crippen LogP contribution in [0.5, 0.6) is 0 Å². The number of carboxylic acid groups (broad SMARTS) is 1. The Bertz CT molecular complexity index is 1050. The number of thioether (sulfide) groups is 1. The summed E-state index contributed by atoms with van der Waals surface area (Å²) in [6, 6.07) is 12.0. The van der Waals surface area contributed by atoms with Crippen LogP contribution < -0.4 is 5.32 Å². The van der Waals surface area contributed by atoms with Gasteiger partial charge in [0.05, 0.1) is 16.4 Å². The highest BCUT2D eigenvalue weighted by molar-refractivity contribution is 8.00. The predicted octanol–water partition coefficient (Wildman–Crippen LogP) is 2.03. The molecule has 1 aliphatic rings. The molecular formula is C21H18N2O7S. The lowest BCUT2D eigenvalue weighted by Gasteiger charge is -2.12. The van der Waals surface area contributed by atoms with Crippen LogP contribution in [0.2, 0.25) is 0 Å². The fourth-order valence-electron chi connectivity index (χ4n) is 2.81. The number of benzene rings is 2. The Labute approximate surface area is 181 Å². The summed E-state index contributed by atoms with van der Waals surface area (Å²) in [4.78, 5) is 60.8. The molecule has 10 heteroatoms. The van der Waals surface area contributed by atoms with Gasteiger partial charge in [-0.15, -0.1) is 11.8 Å². The fraction of sp³-hybridized carbons (Fsp3) is 0.190. The van der Waals surface area contributed by atoms with Crippen molar-refractivity contribution in [3.8, 4) is 0 Å². The number of anilines is 1. The van der Waals surface area contributed by atoms with Crippen LogP contribution in [0.3, 0.4) is 0 Å². The average molecular weight is 442 g/mol. The number of carboxylic acids is 1. The molecule has 9 nitrogen and oxygen atoms in total. The molecule has 3 amide bonds. The van der Waals surface area contributed by atoms with Gasteiger partial charge >= 0.3 is 11.9 Å². The van der Waals surface area contributed by atoms with Crippen molar-refractivity contribution >= 4 is 47.1 Å². The first kappa shape index (κ1) is 22.0. The Hall–Kier alpha value is -3.66. The molecule has 0 aromatic heterocycles. The van der Waals surface area contributed by atoms with E-state index in [-0.39, 0.29) is 29.4 Å². The van der Waals surface area contributed by atoms with E-state index in [2.05, 4.69) is 5.32 Å². The number of likely N-dealkylation sites (tertiary alicyclic amines) is 1. The third-order valence-electron chi connectivity index (χ3n) is 4.47. The van der Waals surface area contributed by atoms with E-state index < -0.39 is 29.7 Å². The Morgan fingerprint density at radius 1 is 1.13 bits per heavy atom. The van der Waals surface area contributed by atoms with Gasteiger partial charge in [0.1, 0.15) is 0 Å². The number of hydrogen-bond donors (Lipinski definition) is 2. The van der Waals surface area contributed by atoms with Gasteiger partial charge in [-0.3, -0.25) is 19.3 Å². The highest BCUT2D eigenvalue weighted by Gasteiger charge is 2.37. The lowest BCUT2D eigenvalue weighted by atomic mass is 10.2. The monoisotopic (exact) mass is 442 g/mol. The standard InChI is InChI=1S/C21H18N2O7S/c1-23-18(25)10-16(19(23)26)31-15-5-3-2-4-14(15)21(29)30-11-17(24)22-13-8-6-12(7-9-13)20(27)28/h2-9,16H,10-11H2,1H3,(H,22,24)(H,27,28). The van der Waals surface area contributed by atoms with Crippen LogP contribution in [0.15, 0.2) is 53.4 Å². The van der Waals surface area contributed by atoms with Crippen LogP contribution in [0, 0.1) is 0 Å². The van der Waals surface area contributed by atoms with Crippen molar-refractivity contribution in [2.24, 2.45) is 0 Å². The number of ether oxygens (including phenoxy) is 1. The molecule has 1 aliphatic heterocycles. The number of amides is 3. The molecule has 1 heterocycles. The van der Waals surface area contributed by atoms with E-state index in [0.717, 1.165) is 16.7 Å². The minimum absolute atomic E-state index is 0.0481. The van der Waals surface area contributed by atoms with Crippen LogP contribution in [0.25, 0.3) is 0 Å². The van der Waals surface area contributed by atoms with Gasteiger partial charge in [-0.25, -0.2) is 9.59 Å². The molecule has 160 valence electrons. The van der Waals surface area contributed by atoms with Gasteiger partial charge in [0.15, 0.2) is 6.61 Å². The number of rotatable bonds is 7. The molecule has 2 aromatic rings. The van der Waals surface area contributed by atoms with Crippen molar-refractivity contribution in [2.45, 2.75) is 16.6 Å². The van der Waals surface area contributed by atoms with E-state index >= 15 is 0 Å². The molecule has 3 rings (SSSR count). The number of carbonyl (C=O) groups excluding carboxylic acids is 4. The zero-order valence-corrected chi connectivity index (χ0v) is 17.2. The van der Waals surface area contributed by atoms with E-state index in [0.29, 0.717) is 10.6 Å². The van der Waals surface area contributed by atoms with Crippen LogP contribution >= 0.6 is 11.8 Å². The molecule has 2 N–H and O–H groups in total. The van der Waals surface area contributed by atoms with Crippen molar-refractivity contribution in [1.29, 1.82) is 0 Å². The van der Waals surface area contributed by atoms with Crippen molar-refractivity contribution in [2.75, 3.05) is 19.0 Å². The zero-order chi connectivity index (χ0) is 22.5. The van der Waals surface area contributed by atoms with Crippen molar-refractivity contribution in [3.05, 3.63) is 59.7 Å². The first-order valence-corrected chi connectivity index (χ1v) is 10.0.